The van der Waals surface area contributed by atoms with E-state index >= 15 is 0 Å². The number of hydroxylamine groups is 1. The molecule has 1 amide bonds. The Hall–Kier alpha value is -1.30. The highest BCUT2D eigenvalue weighted by Crippen LogP contribution is 2.50. The van der Waals surface area contributed by atoms with Gasteiger partial charge in [0, 0.05) is 12.1 Å². The second-order valence-electron chi connectivity index (χ2n) is 24.2. The highest BCUT2D eigenvalue weighted by molar-refractivity contribution is 5.85. The van der Waals surface area contributed by atoms with Gasteiger partial charge in [0.1, 0.15) is 0 Å². The Balaban J connectivity index is 0.682. The third-order valence-electron chi connectivity index (χ3n) is 20.1. The molecule has 0 bridgehead atoms. The minimum absolute atomic E-state index is 0.000423. The van der Waals surface area contributed by atoms with E-state index in [2.05, 4.69) is 29.5 Å². The van der Waals surface area contributed by atoms with E-state index in [1.54, 1.807) is 0 Å². The molecule has 6 unspecified atom stereocenters. The number of carboxylic acid groups (broad SMARTS) is 1. The Morgan fingerprint density at radius 1 is 0.492 bits per heavy atom. The summed E-state index contributed by atoms with van der Waals surface area (Å²) in [4.78, 5) is 36.7. The molecule has 0 radical (unpaired) electrons. The summed E-state index contributed by atoms with van der Waals surface area (Å²) in [5.74, 6) is 3.51. The van der Waals surface area contributed by atoms with Crippen LogP contribution in [0.5, 0.6) is 0 Å². The second-order valence-corrected chi connectivity index (χ2v) is 24.2. The number of ether oxygens (including phenoxy) is 2. The molecule has 8 aliphatic rings. The smallest absolute Gasteiger partial charge is 0.307 e. The van der Waals surface area contributed by atoms with Crippen LogP contribution in [0.15, 0.2) is 0 Å². The van der Waals surface area contributed by atoms with Crippen LogP contribution in [0, 0.1) is 64.6 Å². The van der Waals surface area contributed by atoms with Gasteiger partial charge in [-0.15, -0.1) is 0 Å². The van der Waals surface area contributed by atoms with Gasteiger partial charge in [0.25, 0.3) is 0 Å². The number of amides is 1. The molecule has 6 atom stereocenters. The van der Waals surface area contributed by atoms with E-state index in [1.165, 1.54) is 116 Å². The van der Waals surface area contributed by atoms with Crippen LogP contribution in [0.2, 0.25) is 0 Å². The molecule has 0 aromatic carbocycles. The maximum absolute atomic E-state index is 13.6. The first-order valence-electron chi connectivity index (χ1n) is 28.1. The molecule has 8 aliphatic carbocycles. The number of hydrogen-bond acceptors (Lipinski definition) is 8. The summed E-state index contributed by atoms with van der Waals surface area (Å²) in [6.45, 7) is 6.26. The number of aliphatic carboxylic acids is 1. The van der Waals surface area contributed by atoms with E-state index in [9.17, 15) is 20.0 Å². The quantitative estimate of drug-likeness (QED) is 0.0831. The van der Waals surface area contributed by atoms with Crippen LogP contribution < -0.4 is 10.8 Å². The van der Waals surface area contributed by atoms with Gasteiger partial charge in [-0.2, -0.15) is 5.48 Å². The summed E-state index contributed by atoms with van der Waals surface area (Å²) in [7, 11) is 0. The number of rotatable bonds is 17. The predicted octanol–water partition coefficient (Wildman–Crippen LogP) is 12.2. The summed E-state index contributed by atoms with van der Waals surface area (Å²) in [5.41, 5.74) is 3.80. The average molecular weight is 911 g/mol. The van der Waals surface area contributed by atoms with Crippen molar-refractivity contribution in [3.8, 4) is 0 Å². The molecule has 65 heavy (non-hydrogen) atoms. The highest BCUT2D eigenvalue weighted by atomic mass is 17.1. The maximum atomic E-state index is 13.6. The maximum Gasteiger partial charge on any atom is 0.307 e. The van der Waals surface area contributed by atoms with Gasteiger partial charge < -0.3 is 24.7 Å². The SMILES string of the molecule is CC(C)(C1CCC(OC2CCC(NOCC3CC(C4CCCCC4)CCC3COO)CC2)CC1)C1CCC(OC2CCC(NC(=O)C3CC(C4CCCCC4)CCC3C(=O)O)CC2)CC1. The number of carbonyl (C=O) groups is 2. The topological polar surface area (TPSA) is 136 Å². The van der Waals surface area contributed by atoms with E-state index in [1.807, 2.05) is 0 Å². The normalized spacial score (nSPS) is 39.7. The molecule has 8 fully saturated rings. The zero-order chi connectivity index (χ0) is 45.2. The van der Waals surface area contributed by atoms with Gasteiger partial charge in [-0.3, -0.25) is 14.8 Å². The minimum atomic E-state index is -0.790. The van der Waals surface area contributed by atoms with Crippen molar-refractivity contribution in [3.05, 3.63) is 0 Å². The lowest BCUT2D eigenvalue weighted by atomic mass is 9.60. The molecule has 0 aliphatic heterocycles. The number of carbonyl (C=O) groups excluding carboxylic acids is 1. The fourth-order valence-corrected chi connectivity index (χ4v) is 15.7. The minimum Gasteiger partial charge on any atom is -0.481 e. The van der Waals surface area contributed by atoms with E-state index < -0.39 is 11.9 Å². The molecule has 372 valence electrons. The van der Waals surface area contributed by atoms with E-state index in [0.29, 0.717) is 73.1 Å². The van der Waals surface area contributed by atoms with E-state index in [4.69, 9.17) is 14.3 Å². The van der Waals surface area contributed by atoms with Crippen LogP contribution >= 0.6 is 0 Å². The first kappa shape index (κ1) is 50.1. The molecule has 10 nitrogen and oxygen atoms in total. The van der Waals surface area contributed by atoms with Gasteiger partial charge in [-0.25, -0.2) is 4.89 Å². The monoisotopic (exact) mass is 911 g/mol. The molecular weight excluding hydrogens is 817 g/mol. The zero-order valence-corrected chi connectivity index (χ0v) is 41.1. The van der Waals surface area contributed by atoms with Crippen molar-refractivity contribution < 1.29 is 39.2 Å². The summed E-state index contributed by atoms with van der Waals surface area (Å²) >= 11 is 0. The lowest BCUT2D eigenvalue weighted by Gasteiger charge is -2.47. The largest absolute Gasteiger partial charge is 0.481 e. The van der Waals surface area contributed by atoms with Crippen LogP contribution in [0.25, 0.3) is 0 Å². The number of hydrogen-bond donors (Lipinski definition) is 4. The molecule has 0 spiro atoms. The molecule has 0 heterocycles. The van der Waals surface area contributed by atoms with Gasteiger partial charge in [-0.1, -0.05) is 78.1 Å². The molecule has 8 rings (SSSR count). The first-order chi connectivity index (χ1) is 31.6. The van der Waals surface area contributed by atoms with Gasteiger partial charge in [0.15, 0.2) is 0 Å². The highest BCUT2D eigenvalue weighted by Gasteiger charge is 2.44. The summed E-state index contributed by atoms with van der Waals surface area (Å²) < 4.78 is 13.6. The van der Waals surface area contributed by atoms with Crippen LogP contribution in [-0.2, 0) is 28.8 Å². The Kier molecular flexibility index (Phi) is 18.9. The summed E-state index contributed by atoms with van der Waals surface area (Å²) in [5, 5.41) is 22.6. The summed E-state index contributed by atoms with van der Waals surface area (Å²) in [6.07, 6.45) is 38.9. The third-order valence-corrected chi connectivity index (χ3v) is 20.1. The third kappa shape index (κ3) is 13.7. The Morgan fingerprint density at radius 2 is 0.969 bits per heavy atom. The average Bonchev–Trinajstić information content (AvgIpc) is 3.34. The second kappa shape index (κ2) is 24.5. The standard InChI is InChI=1S/C55H94N2O8/c1-55(2,43-16-24-47(25-17-43)64-49-28-20-45(21-29-49)56-53(58)52-34-40(15-32-51(52)54(59)60)38-11-7-4-8-12-38)44-18-26-48(27-19-44)65-50-30-22-46(23-31-50)57-62-35-42-33-39(13-14-41(42)36-63-61)37-9-5-3-6-10-37/h37-52,57,61H,3-36H2,1-2H3,(H,56,58)(H,59,60). The molecule has 4 N–H and O–H groups in total. The Bertz CT molecular complexity index is 1420. The van der Waals surface area contributed by atoms with E-state index in [-0.39, 0.29) is 24.0 Å². The Labute approximate surface area is 394 Å². The van der Waals surface area contributed by atoms with Crippen LogP contribution in [-0.4, -0.2) is 72.0 Å². The van der Waals surface area contributed by atoms with Crippen molar-refractivity contribution in [1.29, 1.82) is 0 Å². The van der Waals surface area contributed by atoms with E-state index in [0.717, 1.165) is 107 Å². The lowest BCUT2D eigenvalue weighted by Crippen LogP contribution is -2.47. The van der Waals surface area contributed by atoms with Gasteiger partial charge >= 0.3 is 5.97 Å². The van der Waals surface area contributed by atoms with Crippen molar-refractivity contribution in [2.24, 2.45) is 64.6 Å². The molecular formula is C55H94N2O8. The lowest BCUT2D eigenvalue weighted by molar-refractivity contribution is -0.257. The predicted molar refractivity (Wildman–Crippen MR) is 255 cm³/mol. The first-order valence-corrected chi connectivity index (χ1v) is 28.1. The van der Waals surface area contributed by atoms with Crippen molar-refractivity contribution in [1.82, 2.24) is 10.8 Å². The molecule has 0 saturated heterocycles. The van der Waals surface area contributed by atoms with Gasteiger partial charge in [0.2, 0.25) is 5.91 Å². The van der Waals surface area contributed by atoms with Crippen LogP contribution in [0.1, 0.15) is 219 Å². The van der Waals surface area contributed by atoms with Gasteiger partial charge in [-0.05, 0) is 194 Å². The van der Waals surface area contributed by atoms with Crippen LogP contribution in [0.4, 0.5) is 0 Å². The van der Waals surface area contributed by atoms with Crippen molar-refractivity contribution >= 4 is 11.9 Å². The fourth-order valence-electron chi connectivity index (χ4n) is 15.7. The van der Waals surface area contributed by atoms with Crippen LogP contribution in [0.3, 0.4) is 0 Å². The number of nitrogens with one attached hydrogen (secondary N) is 2. The molecule has 10 heteroatoms. The molecule has 0 aromatic heterocycles. The zero-order valence-electron chi connectivity index (χ0n) is 41.1. The number of carboxylic acids is 1. The fraction of sp³-hybridized carbons (Fsp3) is 0.964. The molecule has 8 saturated carbocycles. The van der Waals surface area contributed by atoms with Crippen molar-refractivity contribution in [2.45, 2.75) is 256 Å². The molecule has 0 aromatic rings. The Morgan fingerprint density at radius 3 is 1.48 bits per heavy atom. The summed E-state index contributed by atoms with van der Waals surface area (Å²) in [6, 6.07) is 0.536. The van der Waals surface area contributed by atoms with Crippen molar-refractivity contribution in [2.75, 3.05) is 13.2 Å². The van der Waals surface area contributed by atoms with Gasteiger partial charge in [0.05, 0.1) is 49.5 Å². The van der Waals surface area contributed by atoms with Crippen molar-refractivity contribution in [3.63, 3.8) is 0 Å².